The van der Waals surface area contributed by atoms with E-state index in [-0.39, 0.29) is 11.2 Å². The molecule has 0 fully saturated rings. The van der Waals surface area contributed by atoms with E-state index in [9.17, 15) is 9.90 Å². The highest BCUT2D eigenvalue weighted by Gasteiger charge is 2.11. The molecule has 4 aromatic rings. The summed E-state index contributed by atoms with van der Waals surface area (Å²) in [5, 5.41) is 12.4. The summed E-state index contributed by atoms with van der Waals surface area (Å²) in [7, 11) is 0. The number of hydrogen-bond donors (Lipinski definition) is 1. The first-order chi connectivity index (χ1) is 10.7. The Morgan fingerprint density at radius 3 is 2.45 bits per heavy atom. The van der Waals surface area contributed by atoms with Gasteiger partial charge in [-0.25, -0.2) is 0 Å². The molecule has 1 heterocycles. The summed E-state index contributed by atoms with van der Waals surface area (Å²) < 4.78 is 5.96. The van der Waals surface area contributed by atoms with Crippen LogP contribution in [-0.2, 0) is 0 Å². The van der Waals surface area contributed by atoms with Crippen molar-refractivity contribution in [2.24, 2.45) is 0 Å². The molecule has 0 aliphatic heterocycles. The second kappa shape index (κ2) is 4.74. The molecule has 1 aromatic heterocycles. The number of fused-ring (bicyclic) bond motifs is 3. The molecule has 0 saturated heterocycles. The van der Waals surface area contributed by atoms with Crippen molar-refractivity contribution in [1.29, 1.82) is 0 Å². The van der Waals surface area contributed by atoms with E-state index >= 15 is 0 Å². The van der Waals surface area contributed by atoms with E-state index in [1.807, 2.05) is 30.3 Å². The first-order valence-corrected chi connectivity index (χ1v) is 6.98. The molecule has 4 rings (SSSR count). The third-order valence-electron chi connectivity index (χ3n) is 3.79. The van der Waals surface area contributed by atoms with Crippen LogP contribution in [0.25, 0.3) is 33.1 Å². The summed E-state index contributed by atoms with van der Waals surface area (Å²) >= 11 is 0. The lowest BCUT2D eigenvalue weighted by atomic mass is 10.1. The molecule has 3 nitrogen and oxygen atoms in total. The van der Waals surface area contributed by atoms with Crippen LogP contribution in [0.15, 0.2) is 75.9 Å². The van der Waals surface area contributed by atoms with Gasteiger partial charge < -0.3 is 9.52 Å². The van der Waals surface area contributed by atoms with Gasteiger partial charge in [0.25, 0.3) is 0 Å². The van der Waals surface area contributed by atoms with E-state index in [1.165, 1.54) is 6.07 Å². The average Bonchev–Trinajstić information content (AvgIpc) is 2.55. The maximum atomic E-state index is 12.4. The van der Waals surface area contributed by atoms with Crippen molar-refractivity contribution in [3.8, 4) is 17.1 Å². The fraction of sp³-hybridized carbons (Fsp3) is 0. The highest BCUT2D eigenvalue weighted by Crippen LogP contribution is 2.31. The number of phenols is 1. The molecule has 3 aromatic carbocycles. The van der Waals surface area contributed by atoms with Gasteiger partial charge in [-0.05, 0) is 23.6 Å². The highest BCUT2D eigenvalue weighted by molar-refractivity contribution is 6.04. The number of rotatable bonds is 1. The SMILES string of the molecule is O=c1cc(-c2ccccc2O)oc2c1ccc1ccccc12. The van der Waals surface area contributed by atoms with Gasteiger partial charge in [-0.1, -0.05) is 42.5 Å². The monoisotopic (exact) mass is 288 g/mol. The summed E-state index contributed by atoms with van der Waals surface area (Å²) in [5.41, 5.74) is 0.934. The first-order valence-electron chi connectivity index (χ1n) is 6.98. The number of hydrogen-bond acceptors (Lipinski definition) is 3. The van der Waals surface area contributed by atoms with Gasteiger partial charge in [0.2, 0.25) is 0 Å². The predicted octanol–water partition coefficient (Wildman–Crippen LogP) is 4.32. The number of aromatic hydroxyl groups is 1. The van der Waals surface area contributed by atoms with Crippen molar-refractivity contribution >= 4 is 21.7 Å². The molecule has 0 unspecified atom stereocenters. The minimum atomic E-state index is -0.120. The van der Waals surface area contributed by atoms with Gasteiger partial charge in [-0.2, -0.15) is 0 Å². The molecule has 0 amide bonds. The molecule has 3 heteroatoms. The lowest BCUT2D eigenvalue weighted by Gasteiger charge is -2.07. The van der Waals surface area contributed by atoms with Crippen LogP contribution in [0.1, 0.15) is 0 Å². The lowest BCUT2D eigenvalue weighted by Crippen LogP contribution is -2.00. The molecule has 0 spiro atoms. The zero-order valence-electron chi connectivity index (χ0n) is 11.6. The minimum Gasteiger partial charge on any atom is -0.507 e. The van der Waals surface area contributed by atoms with E-state index in [0.29, 0.717) is 22.3 Å². The van der Waals surface area contributed by atoms with Crippen LogP contribution in [-0.4, -0.2) is 5.11 Å². The summed E-state index contributed by atoms with van der Waals surface area (Å²) in [6, 6.07) is 19.7. The summed E-state index contributed by atoms with van der Waals surface area (Å²) in [4.78, 5) is 12.4. The smallest absolute Gasteiger partial charge is 0.193 e. The Hall–Kier alpha value is -3.07. The maximum absolute atomic E-state index is 12.4. The van der Waals surface area contributed by atoms with Crippen LogP contribution in [0, 0.1) is 0 Å². The molecule has 22 heavy (non-hydrogen) atoms. The van der Waals surface area contributed by atoms with Crippen molar-refractivity contribution in [2.45, 2.75) is 0 Å². The van der Waals surface area contributed by atoms with Crippen LogP contribution in [0.5, 0.6) is 5.75 Å². The quantitative estimate of drug-likeness (QED) is 0.531. The molecule has 106 valence electrons. The standard InChI is InChI=1S/C19H12O3/c20-16-8-4-3-7-14(16)18-11-17(21)15-10-9-12-5-1-2-6-13(12)19(15)22-18/h1-11,20H. The third-order valence-corrected chi connectivity index (χ3v) is 3.79. The average molecular weight is 288 g/mol. The van der Waals surface area contributed by atoms with Crippen LogP contribution in [0.3, 0.4) is 0 Å². The highest BCUT2D eigenvalue weighted by atomic mass is 16.3. The molecule has 0 bridgehead atoms. The molecular weight excluding hydrogens is 276 g/mol. The van der Waals surface area contributed by atoms with Crippen molar-refractivity contribution in [1.82, 2.24) is 0 Å². The summed E-state index contributed by atoms with van der Waals surface area (Å²) in [6.07, 6.45) is 0. The van der Waals surface area contributed by atoms with Crippen molar-refractivity contribution < 1.29 is 9.52 Å². The fourth-order valence-corrected chi connectivity index (χ4v) is 2.70. The maximum Gasteiger partial charge on any atom is 0.193 e. The van der Waals surface area contributed by atoms with E-state index in [1.54, 1.807) is 30.3 Å². The van der Waals surface area contributed by atoms with Gasteiger partial charge in [0.15, 0.2) is 5.43 Å². The molecule has 0 atom stereocenters. The van der Waals surface area contributed by atoms with Crippen molar-refractivity contribution in [2.75, 3.05) is 0 Å². The van der Waals surface area contributed by atoms with Gasteiger partial charge in [0.05, 0.1) is 10.9 Å². The van der Waals surface area contributed by atoms with Gasteiger partial charge in [0.1, 0.15) is 17.1 Å². The number of benzene rings is 3. The zero-order valence-corrected chi connectivity index (χ0v) is 11.6. The predicted molar refractivity (Wildman–Crippen MR) is 87.1 cm³/mol. The van der Waals surface area contributed by atoms with Crippen LogP contribution in [0.4, 0.5) is 0 Å². The normalized spacial score (nSPS) is 11.1. The van der Waals surface area contributed by atoms with E-state index in [0.717, 1.165) is 10.8 Å². The van der Waals surface area contributed by atoms with E-state index in [4.69, 9.17) is 4.42 Å². The second-order valence-electron chi connectivity index (χ2n) is 5.16. The van der Waals surface area contributed by atoms with Crippen molar-refractivity contribution in [3.05, 3.63) is 77.0 Å². The second-order valence-corrected chi connectivity index (χ2v) is 5.16. The fourth-order valence-electron chi connectivity index (χ4n) is 2.70. The first kappa shape index (κ1) is 12.7. The summed E-state index contributed by atoms with van der Waals surface area (Å²) in [5.74, 6) is 0.456. The molecular formula is C19H12O3. The number of para-hydroxylation sites is 1. The Balaban J connectivity index is 2.13. The Morgan fingerprint density at radius 2 is 1.59 bits per heavy atom. The largest absolute Gasteiger partial charge is 0.507 e. The van der Waals surface area contributed by atoms with E-state index in [2.05, 4.69) is 0 Å². The molecule has 1 N–H and O–H groups in total. The molecule has 0 aliphatic carbocycles. The Kier molecular flexibility index (Phi) is 2.73. The zero-order chi connectivity index (χ0) is 15.1. The van der Waals surface area contributed by atoms with E-state index < -0.39 is 0 Å². The summed E-state index contributed by atoms with van der Waals surface area (Å²) in [6.45, 7) is 0. The molecule has 0 radical (unpaired) electrons. The Bertz CT molecular complexity index is 1060. The van der Waals surface area contributed by atoms with Gasteiger partial charge in [-0.15, -0.1) is 0 Å². The van der Waals surface area contributed by atoms with Crippen molar-refractivity contribution in [3.63, 3.8) is 0 Å². The van der Waals surface area contributed by atoms with Gasteiger partial charge in [0, 0.05) is 11.5 Å². The molecule has 0 aliphatic rings. The minimum absolute atomic E-state index is 0.0882. The topological polar surface area (TPSA) is 50.4 Å². The van der Waals surface area contributed by atoms with Crippen LogP contribution in [0.2, 0.25) is 0 Å². The number of phenolic OH excluding ortho intramolecular Hbond substituents is 1. The third kappa shape index (κ3) is 1.87. The van der Waals surface area contributed by atoms with Crippen LogP contribution >= 0.6 is 0 Å². The van der Waals surface area contributed by atoms with Gasteiger partial charge in [-0.3, -0.25) is 4.79 Å². The Morgan fingerprint density at radius 1 is 0.818 bits per heavy atom. The van der Waals surface area contributed by atoms with Gasteiger partial charge >= 0.3 is 0 Å². The molecule has 0 saturated carbocycles. The van der Waals surface area contributed by atoms with Crippen LogP contribution < -0.4 is 5.43 Å². The lowest BCUT2D eigenvalue weighted by molar-refractivity contribution is 0.474. The Labute approximate surface area is 126 Å².